The molecule has 11 heteroatoms. The molecule has 3 aromatic rings. The van der Waals surface area contributed by atoms with Crippen LogP contribution in [0.1, 0.15) is 23.1 Å². The van der Waals surface area contributed by atoms with E-state index in [1.165, 1.54) is 24.6 Å². The largest absolute Gasteiger partial charge is 0.490 e. The van der Waals surface area contributed by atoms with Crippen molar-refractivity contribution in [3.8, 4) is 17.6 Å². The number of nitrogens with zero attached hydrogens (tertiary/aromatic N) is 2. The summed E-state index contributed by atoms with van der Waals surface area (Å²) in [5.74, 6) is 0.0711. The first-order valence-electron chi connectivity index (χ1n) is 12.4. The van der Waals surface area contributed by atoms with Gasteiger partial charge in [0.1, 0.15) is 30.9 Å². The predicted octanol–water partition coefficient (Wildman–Crippen LogP) is 4.97. The van der Waals surface area contributed by atoms with Crippen molar-refractivity contribution in [3.63, 3.8) is 0 Å². The van der Waals surface area contributed by atoms with E-state index < -0.39 is 5.82 Å². The van der Waals surface area contributed by atoms with Crippen LogP contribution in [0.25, 0.3) is 0 Å². The molecule has 1 aliphatic heterocycles. The number of nitrogens with one attached hydrogen (secondary N) is 3. The van der Waals surface area contributed by atoms with Crippen LogP contribution in [0.2, 0.25) is 0 Å². The van der Waals surface area contributed by atoms with Crippen molar-refractivity contribution >= 4 is 34.9 Å². The first kappa shape index (κ1) is 28.1. The fourth-order valence-electron chi connectivity index (χ4n) is 3.83. The van der Waals surface area contributed by atoms with Gasteiger partial charge in [-0.1, -0.05) is 0 Å². The van der Waals surface area contributed by atoms with Crippen LogP contribution in [0.4, 0.5) is 27.1 Å². The Morgan fingerprint density at radius 2 is 2.08 bits per heavy atom. The molecule has 0 aliphatic carbocycles. The standard InChI is InChI=1S/C29H28FN5O5/c1-19-13-21(17-31)28(39-12-10-36)16-27(19)32-9-2-11-38-23-5-7-26(24(30)15-23)35-40-18-33-22-4-6-25-20(14-22)3-8-29(37)34-25/h2,4-7,9,11,13-16,33,35-36H,3,8,10,12,18H2,1H3,(H,34,37)/b11-2+,32-9?. The van der Waals surface area contributed by atoms with Gasteiger partial charge in [0, 0.05) is 36.1 Å². The molecule has 0 bridgehead atoms. The highest BCUT2D eigenvalue weighted by Crippen LogP contribution is 2.29. The minimum absolute atomic E-state index is 0.0134. The van der Waals surface area contributed by atoms with Gasteiger partial charge in [0.25, 0.3) is 0 Å². The Balaban J connectivity index is 1.24. The number of anilines is 3. The number of carbonyl (C=O) groups is 1. The Bertz CT molecular complexity index is 1470. The molecule has 1 heterocycles. The van der Waals surface area contributed by atoms with E-state index in [9.17, 15) is 14.4 Å². The van der Waals surface area contributed by atoms with Crippen LogP contribution >= 0.6 is 0 Å². The number of fused-ring (bicyclic) bond motifs is 1. The summed E-state index contributed by atoms with van der Waals surface area (Å²) in [4.78, 5) is 21.1. The Morgan fingerprint density at radius 3 is 2.88 bits per heavy atom. The van der Waals surface area contributed by atoms with Gasteiger partial charge in [0.05, 0.1) is 29.8 Å². The molecule has 1 aliphatic rings. The monoisotopic (exact) mass is 545 g/mol. The summed E-state index contributed by atoms with van der Waals surface area (Å²) in [7, 11) is 0. The molecule has 0 unspecified atom stereocenters. The number of amides is 1. The van der Waals surface area contributed by atoms with Crippen molar-refractivity contribution in [3.05, 3.63) is 83.4 Å². The van der Waals surface area contributed by atoms with Gasteiger partial charge in [-0.05, 0) is 66.9 Å². The smallest absolute Gasteiger partial charge is 0.224 e. The molecule has 0 saturated carbocycles. The molecule has 0 atom stereocenters. The van der Waals surface area contributed by atoms with Crippen molar-refractivity contribution in [1.29, 1.82) is 5.26 Å². The van der Waals surface area contributed by atoms with Gasteiger partial charge in [-0.3, -0.25) is 20.1 Å². The highest BCUT2D eigenvalue weighted by atomic mass is 19.1. The number of aliphatic imine (C=N–C) groups is 1. The number of rotatable bonds is 12. The van der Waals surface area contributed by atoms with Gasteiger partial charge in [-0.25, -0.2) is 4.39 Å². The zero-order valence-electron chi connectivity index (χ0n) is 21.7. The van der Waals surface area contributed by atoms with Gasteiger partial charge in [-0.2, -0.15) is 5.26 Å². The molecule has 0 fully saturated rings. The minimum Gasteiger partial charge on any atom is -0.490 e. The molecule has 3 aromatic carbocycles. The van der Waals surface area contributed by atoms with Crippen molar-refractivity contribution in [2.24, 2.45) is 4.99 Å². The third kappa shape index (κ3) is 7.57. The fourth-order valence-corrected chi connectivity index (χ4v) is 3.83. The fraction of sp³-hybridized carbons (Fsp3) is 0.207. The second-order valence-corrected chi connectivity index (χ2v) is 8.67. The molecule has 0 spiro atoms. The van der Waals surface area contributed by atoms with Crippen LogP contribution in [-0.2, 0) is 16.1 Å². The van der Waals surface area contributed by atoms with Crippen LogP contribution < -0.4 is 25.6 Å². The minimum atomic E-state index is -0.562. The molecule has 4 rings (SSSR count). The van der Waals surface area contributed by atoms with E-state index in [1.54, 1.807) is 24.3 Å². The number of carbonyl (C=O) groups excluding carboxylic acids is 1. The number of aliphatic hydroxyl groups excluding tert-OH is 1. The Morgan fingerprint density at radius 1 is 1.20 bits per heavy atom. The van der Waals surface area contributed by atoms with Crippen LogP contribution in [0.5, 0.6) is 11.5 Å². The quantitative estimate of drug-likeness (QED) is 0.0823. The third-order valence-corrected chi connectivity index (χ3v) is 5.82. The molecule has 0 aromatic heterocycles. The summed E-state index contributed by atoms with van der Waals surface area (Å²) in [6.45, 7) is 1.80. The van der Waals surface area contributed by atoms with Gasteiger partial charge in [0.15, 0.2) is 5.82 Å². The molecule has 0 saturated heterocycles. The lowest BCUT2D eigenvalue weighted by Gasteiger charge is -2.18. The lowest BCUT2D eigenvalue weighted by atomic mass is 10.0. The van der Waals surface area contributed by atoms with Gasteiger partial charge in [-0.15, -0.1) is 0 Å². The maximum Gasteiger partial charge on any atom is 0.224 e. The van der Waals surface area contributed by atoms with Crippen LogP contribution in [0.15, 0.2) is 65.9 Å². The zero-order valence-corrected chi connectivity index (χ0v) is 21.7. The number of nitriles is 1. The zero-order chi connectivity index (χ0) is 28.3. The van der Waals surface area contributed by atoms with E-state index in [0.717, 1.165) is 22.5 Å². The Hall–Kier alpha value is -4.92. The number of hydrogen-bond donors (Lipinski definition) is 4. The molecular weight excluding hydrogens is 517 g/mol. The number of hydrogen-bond acceptors (Lipinski definition) is 9. The summed E-state index contributed by atoms with van der Waals surface area (Å²) in [6.07, 6.45) is 5.53. The van der Waals surface area contributed by atoms with E-state index in [4.69, 9.17) is 19.4 Å². The van der Waals surface area contributed by atoms with E-state index >= 15 is 0 Å². The lowest BCUT2D eigenvalue weighted by molar-refractivity contribution is -0.116. The van der Waals surface area contributed by atoms with Crippen molar-refractivity contribution in [2.75, 3.05) is 36.1 Å². The number of halogens is 1. The lowest BCUT2D eigenvalue weighted by Crippen LogP contribution is -2.19. The average Bonchev–Trinajstić information content (AvgIpc) is 2.95. The van der Waals surface area contributed by atoms with Crippen LogP contribution in [0.3, 0.4) is 0 Å². The topological polar surface area (TPSA) is 137 Å². The van der Waals surface area contributed by atoms with Crippen molar-refractivity contribution in [1.82, 2.24) is 0 Å². The van der Waals surface area contributed by atoms with Gasteiger partial charge in [0.2, 0.25) is 5.91 Å². The summed E-state index contributed by atoms with van der Waals surface area (Å²) >= 11 is 0. The second-order valence-electron chi connectivity index (χ2n) is 8.67. The summed E-state index contributed by atoms with van der Waals surface area (Å²) in [6, 6.07) is 15.2. The van der Waals surface area contributed by atoms with E-state index in [-0.39, 0.29) is 37.3 Å². The second kappa shape index (κ2) is 13.7. The molecule has 40 heavy (non-hydrogen) atoms. The van der Waals surface area contributed by atoms with Crippen molar-refractivity contribution in [2.45, 2.75) is 19.8 Å². The molecule has 206 valence electrons. The number of aliphatic hydroxyl groups is 1. The summed E-state index contributed by atoms with van der Waals surface area (Å²) < 4.78 is 25.3. The predicted molar refractivity (Wildman–Crippen MR) is 149 cm³/mol. The number of ether oxygens (including phenoxy) is 2. The number of benzene rings is 3. The molecule has 10 nitrogen and oxygen atoms in total. The number of aryl methyl sites for hydroxylation is 2. The average molecular weight is 546 g/mol. The van der Waals surface area contributed by atoms with E-state index in [0.29, 0.717) is 29.8 Å². The maximum absolute atomic E-state index is 14.5. The Labute approximate surface area is 230 Å². The Kier molecular flexibility index (Phi) is 9.66. The third-order valence-electron chi connectivity index (χ3n) is 5.82. The van der Waals surface area contributed by atoms with E-state index in [2.05, 4.69) is 27.2 Å². The molecule has 1 amide bonds. The summed E-state index contributed by atoms with van der Waals surface area (Å²) in [5, 5.41) is 24.1. The van der Waals surface area contributed by atoms with Gasteiger partial charge >= 0.3 is 0 Å². The maximum atomic E-state index is 14.5. The van der Waals surface area contributed by atoms with Gasteiger partial charge < -0.3 is 25.2 Å². The van der Waals surface area contributed by atoms with E-state index in [1.807, 2.05) is 25.1 Å². The van der Waals surface area contributed by atoms with Crippen molar-refractivity contribution < 1.29 is 28.6 Å². The highest BCUT2D eigenvalue weighted by molar-refractivity contribution is 5.94. The van der Waals surface area contributed by atoms with Crippen LogP contribution in [-0.4, -0.2) is 37.2 Å². The normalized spacial score (nSPS) is 12.6. The first-order valence-corrected chi connectivity index (χ1v) is 12.4. The number of allylic oxidation sites excluding steroid dienone is 1. The van der Waals surface area contributed by atoms with Crippen LogP contribution in [0, 0.1) is 24.1 Å². The molecule has 4 N–H and O–H groups in total. The molecule has 0 radical (unpaired) electrons. The SMILES string of the molecule is Cc1cc(C#N)c(OCCO)cc1N=C/C=C/Oc1ccc(NOCNc2ccc3c(c2)CCC(=O)N3)c(F)c1. The first-order chi connectivity index (χ1) is 19.5. The summed E-state index contributed by atoms with van der Waals surface area (Å²) in [5.41, 5.74) is 7.11. The highest BCUT2D eigenvalue weighted by Gasteiger charge is 2.14. The molecular formula is C29H28FN5O5.